The van der Waals surface area contributed by atoms with E-state index < -0.39 is 5.72 Å². The molecule has 0 spiro atoms. The third kappa shape index (κ3) is 0.594. The van der Waals surface area contributed by atoms with E-state index in [9.17, 15) is 0 Å². The van der Waals surface area contributed by atoms with Crippen LogP contribution >= 0.6 is 0 Å². The Kier molecular flexibility index (Phi) is 0.795. The Balaban J connectivity index is 2.48. The molecule has 7 heavy (non-hydrogen) atoms. The Hall–Kier alpha value is -0.550. The van der Waals surface area contributed by atoms with Crippen LogP contribution in [-0.4, -0.2) is 10.8 Å². The molecule has 0 heterocycles. The van der Waals surface area contributed by atoms with Gasteiger partial charge in [0.05, 0.1) is 12.8 Å². The zero-order valence-corrected chi connectivity index (χ0v) is 4.02. The summed E-state index contributed by atoms with van der Waals surface area (Å²) in [6.07, 6.45) is 2.37. The molecule has 0 aromatic rings. The molecule has 2 heteroatoms. The Bertz CT molecular complexity index is 110. The average molecular weight is 97.1 g/mol. The van der Waals surface area contributed by atoms with Crippen LogP contribution in [0.3, 0.4) is 0 Å². The second-order valence-electron chi connectivity index (χ2n) is 1.95. The van der Waals surface area contributed by atoms with Gasteiger partial charge in [0.1, 0.15) is 0 Å². The van der Waals surface area contributed by atoms with Crippen molar-refractivity contribution < 1.29 is 5.11 Å². The van der Waals surface area contributed by atoms with Gasteiger partial charge in [0, 0.05) is 0 Å². The van der Waals surface area contributed by atoms with E-state index >= 15 is 0 Å². The molecule has 1 saturated carbocycles. The molecule has 0 aromatic heterocycles. The molecule has 0 unspecified atom stereocenters. The lowest BCUT2D eigenvalue weighted by Crippen LogP contribution is -2.32. The molecule has 0 aliphatic heterocycles. The Morgan fingerprint density at radius 2 is 2.14 bits per heavy atom. The predicted molar refractivity (Wildman–Crippen MR) is 25.4 cm³/mol. The van der Waals surface area contributed by atoms with Crippen molar-refractivity contribution >= 4 is 0 Å². The van der Waals surface area contributed by atoms with E-state index in [0.29, 0.717) is 12.8 Å². The summed E-state index contributed by atoms with van der Waals surface area (Å²) < 4.78 is 0. The molecule has 0 bridgehead atoms. The van der Waals surface area contributed by atoms with Crippen LogP contribution in [0.15, 0.2) is 0 Å². The van der Waals surface area contributed by atoms with Crippen molar-refractivity contribution in [3.63, 3.8) is 0 Å². The summed E-state index contributed by atoms with van der Waals surface area (Å²) in [5.41, 5.74) is -0.944. The van der Waals surface area contributed by atoms with Gasteiger partial charge in [-0.25, -0.2) is 6.57 Å². The van der Waals surface area contributed by atoms with E-state index in [0.717, 1.165) is 6.42 Å². The zero-order chi connectivity index (χ0) is 5.33. The molecule has 0 saturated heterocycles. The molecule has 38 valence electrons. The largest absolute Gasteiger partial charge is 0.334 e. The van der Waals surface area contributed by atoms with Crippen molar-refractivity contribution in [2.45, 2.75) is 25.0 Å². The minimum absolute atomic E-state index is 0.677. The number of hydrogen-bond acceptors (Lipinski definition) is 1. The maximum atomic E-state index is 8.86. The number of nitrogens with zero attached hydrogens (tertiary/aromatic N) is 1. The molecule has 2 nitrogen and oxygen atoms in total. The van der Waals surface area contributed by atoms with Crippen LogP contribution in [-0.2, 0) is 0 Å². The van der Waals surface area contributed by atoms with Gasteiger partial charge in [-0.05, 0) is 6.42 Å². The highest BCUT2D eigenvalue weighted by Gasteiger charge is 2.40. The number of aliphatic hydroxyl groups is 1. The van der Waals surface area contributed by atoms with Crippen molar-refractivity contribution in [1.82, 2.24) is 0 Å². The molecular formula is C5H7NO. The summed E-state index contributed by atoms with van der Waals surface area (Å²) in [4.78, 5) is 3.03. The average Bonchev–Trinajstić information content (AvgIpc) is 1.61. The lowest BCUT2D eigenvalue weighted by atomic mass is 9.89. The minimum atomic E-state index is -0.944. The predicted octanol–water partition coefficient (Wildman–Crippen LogP) is 0.778. The lowest BCUT2D eigenvalue weighted by Gasteiger charge is -2.22. The Labute approximate surface area is 42.6 Å². The van der Waals surface area contributed by atoms with E-state index in [1.54, 1.807) is 0 Å². The molecule has 1 aliphatic rings. The van der Waals surface area contributed by atoms with Gasteiger partial charge < -0.3 is 5.11 Å². The van der Waals surface area contributed by atoms with E-state index in [4.69, 9.17) is 11.7 Å². The maximum absolute atomic E-state index is 8.86. The topological polar surface area (TPSA) is 24.6 Å². The van der Waals surface area contributed by atoms with Crippen LogP contribution in [0.4, 0.5) is 0 Å². The van der Waals surface area contributed by atoms with Crippen molar-refractivity contribution in [3.8, 4) is 0 Å². The van der Waals surface area contributed by atoms with Crippen LogP contribution in [0.2, 0.25) is 0 Å². The SMILES string of the molecule is [C-]#[N+]C1(O)CCC1. The first-order chi connectivity index (χ1) is 3.27. The van der Waals surface area contributed by atoms with Gasteiger partial charge in [0.2, 0.25) is 0 Å². The standard InChI is InChI=1S/C5H7NO/c1-6-5(7)3-2-4-5/h7H,2-4H2. The Morgan fingerprint density at radius 3 is 2.14 bits per heavy atom. The van der Waals surface area contributed by atoms with Gasteiger partial charge >= 0.3 is 5.72 Å². The highest BCUT2D eigenvalue weighted by Crippen LogP contribution is 2.32. The number of hydrogen-bond donors (Lipinski definition) is 1. The second-order valence-corrected chi connectivity index (χ2v) is 1.95. The molecule has 1 N–H and O–H groups in total. The second kappa shape index (κ2) is 1.21. The van der Waals surface area contributed by atoms with Crippen LogP contribution < -0.4 is 0 Å². The fourth-order valence-electron chi connectivity index (χ4n) is 0.605. The molecule has 0 radical (unpaired) electrons. The zero-order valence-electron chi connectivity index (χ0n) is 4.02. The molecule has 0 aromatic carbocycles. The lowest BCUT2D eigenvalue weighted by molar-refractivity contribution is 0.0116. The minimum Gasteiger partial charge on any atom is -0.324 e. The quantitative estimate of drug-likeness (QED) is 0.444. The fourth-order valence-corrected chi connectivity index (χ4v) is 0.605. The molecule has 1 rings (SSSR count). The van der Waals surface area contributed by atoms with Gasteiger partial charge in [-0.1, -0.05) is 0 Å². The highest BCUT2D eigenvalue weighted by molar-refractivity contribution is 4.94. The highest BCUT2D eigenvalue weighted by atomic mass is 16.3. The Morgan fingerprint density at radius 1 is 1.57 bits per heavy atom. The van der Waals surface area contributed by atoms with E-state index in [1.165, 1.54) is 0 Å². The van der Waals surface area contributed by atoms with Crippen molar-refractivity contribution in [2.24, 2.45) is 0 Å². The summed E-state index contributed by atoms with van der Waals surface area (Å²) in [6, 6.07) is 0. The fraction of sp³-hybridized carbons (Fsp3) is 0.800. The monoisotopic (exact) mass is 97.1 g/mol. The summed E-state index contributed by atoms with van der Waals surface area (Å²) >= 11 is 0. The van der Waals surface area contributed by atoms with Crippen LogP contribution in [0.5, 0.6) is 0 Å². The van der Waals surface area contributed by atoms with Gasteiger partial charge in [-0.15, -0.1) is 0 Å². The maximum Gasteiger partial charge on any atom is 0.334 e. The summed E-state index contributed by atoms with van der Waals surface area (Å²) in [5.74, 6) is 0. The molecular weight excluding hydrogens is 90.1 g/mol. The van der Waals surface area contributed by atoms with Gasteiger partial charge in [0.25, 0.3) is 0 Å². The summed E-state index contributed by atoms with van der Waals surface area (Å²) in [5, 5.41) is 8.86. The van der Waals surface area contributed by atoms with Gasteiger partial charge in [-0.2, -0.15) is 0 Å². The van der Waals surface area contributed by atoms with Crippen molar-refractivity contribution in [2.75, 3.05) is 0 Å². The smallest absolute Gasteiger partial charge is 0.324 e. The van der Waals surface area contributed by atoms with E-state index in [1.807, 2.05) is 0 Å². The van der Waals surface area contributed by atoms with Crippen molar-refractivity contribution in [3.05, 3.63) is 11.4 Å². The molecule has 0 amide bonds. The van der Waals surface area contributed by atoms with E-state index in [-0.39, 0.29) is 0 Å². The first-order valence-electron chi connectivity index (χ1n) is 2.38. The third-order valence-corrected chi connectivity index (χ3v) is 1.36. The van der Waals surface area contributed by atoms with Gasteiger partial charge in [0.15, 0.2) is 0 Å². The van der Waals surface area contributed by atoms with Crippen LogP contribution in [0, 0.1) is 6.57 Å². The normalized spacial score (nSPS) is 25.1. The summed E-state index contributed by atoms with van der Waals surface area (Å²) in [7, 11) is 0. The summed E-state index contributed by atoms with van der Waals surface area (Å²) in [6.45, 7) is 6.43. The number of rotatable bonds is 0. The first kappa shape index (κ1) is 4.61. The molecule has 1 aliphatic carbocycles. The third-order valence-electron chi connectivity index (χ3n) is 1.36. The molecule has 0 atom stereocenters. The van der Waals surface area contributed by atoms with Crippen LogP contribution in [0.1, 0.15) is 19.3 Å². The van der Waals surface area contributed by atoms with E-state index in [2.05, 4.69) is 4.85 Å². The van der Waals surface area contributed by atoms with Gasteiger partial charge in [-0.3, -0.25) is 4.85 Å². The van der Waals surface area contributed by atoms with Crippen LogP contribution in [0.25, 0.3) is 4.85 Å². The van der Waals surface area contributed by atoms with Crippen molar-refractivity contribution in [1.29, 1.82) is 0 Å². The molecule has 1 fully saturated rings. The first-order valence-corrected chi connectivity index (χ1v) is 2.38.